The number of imidazole rings is 1. The molecule has 1 aromatic carbocycles. The summed E-state index contributed by atoms with van der Waals surface area (Å²) < 4.78 is 0. The molecule has 1 fully saturated rings. The average molecular weight is 431 g/mol. The van der Waals surface area contributed by atoms with Crippen LogP contribution in [0.4, 0.5) is 0 Å². The van der Waals surface area contributed by atoms with Gasteiger partial charge in [-0.25, -0.2) is 4.98 Å². The van der Waals surface area contributed by atoms with Crippen LogP contribution in [0.3, 0.4) is 0 Å². The summed E-state index contributed by atoms with van der Waals surface area (Å²) in [4.78, 5) is 40.0. The molecular weight excluding hydrogens is 400 g/mol. The molecule has 1 aliphatic carbocycles. The molecule has 0 radical (unpaired) electrons. The van der Waals surface area contributed by atoms with Gasteiger partial charge >= 0.3 is 0 Å². The molecule has 3 atom stereocenters. The molecule has 0 spiro atoms. The number of nitrogens with zero attached hydrogens (tertiary/aromatic N) is 1. The number of hydrogen-bond acceptors (Lipinski definition) is 5. The molecule has 31 heavy (non-hydrogen) atoms. The second-order valence-corrected chi connectivity index (χ2v) is 7.42. The summed E-state index contributed by atoms with van der Waals surface area (Å²) in [6.07, 6.45) is 6.09. The van der Waals surface area contributed by atoms with E-state index < -0.39 is 6.10 Å². The van der Waals surface area contributed by atoms with E-state index in [2.05, 4.69) is 20.6 Å². The Hall–Kier alpha value is -3.20. The van der Waals surface area contributed by atoms with E-state index in [0.717, 1.165) is 11.4 Å². The molecule has 168 valence electrons. The fourth-order valence-electron chi connectivity index (χ4n) is 3.62. The highest BCUT2D eigenvalue weighted by atomic mass is 16.3. The van der Waals surface area contributed by atoms with Gasteiger partial charge in [0.1, 0.15) is 5.82 Å². The van der Waals surface area contributed by atoms with Gasteiger partial charge in [0, 0.05) is 37.7 Å². The Morgan fingerprint density at radius 2 is 1.94 bits per heavy atom. The van der Waals surface area contributed by atoms with E-state index in [-0.39, 0.29) is 30.2 Å². The van der Waals surface area contributed by atoms with E-state index in [4.69, 9.17) is 9.90 Å². The lowest BCUT2D eigenvalue weighted by Crippen LogP contribution is -2.49. The van der Waals surface area contributed by atoms with E-state index in [0.29, 0.717) is 45.1 Å². The lowest BCUT2D eigenvalue weighted by Gasteiger charge is -2.33. The summed E-state index contributed by atoms with van der Waals surface area (Å²) in [5.74, 6) is 0.514. The Bertz CT molecular complexity index is 797. The Morgan fingerprint density at radius 3 is 2.58 bits per heavy atom. The molecule has 9 nitrogen and oxygen atoms in total. The van der Waals surface area contributed by atoms with Crippen LogP contribution in [0.25, 0.3) is 0 Å². The zero-order chi connectivity index (χ0) is 22.5. The van der Waals surface area contributed by atoms with E-state index in [9.17, 15) is 14.7 Å². The van der Waals surface area contributed by atoms with Crippen LogP contribution in [0.15, 0.2) is 42.7 Å². The molecule has 2 aromatic rings. The third-order valence-electron chi connectivity index (χ3n) is 5.23. The first-order valence-electron chi connectivity index (χ1n) is 10.4. The molecule has 2 amide bonds. The Kier molecular flexibility index (Phi) is 10.2. The minimum Gasteiger partial charge on any atom is -0.483 e. The number of aromatic nitrogens is 2. The van der Waals surface area contributed by atoms with Crippen molar-refractivity contribution in [2.45, 2.75) is 50.7 Å². The van der Waals surface area contributed by atoms with Crippen molar-refractivity contribution in [3.63, 3.8) is 0 Å². The Labute approximate surface area is 181 Å². The summed E-state index contributed by atoms with van der Waals surface area (Å²) in [7, 11) is 0. The van der Waals surface area contributed by atoms with Gasteiger partial charge in [0.15, 0.2) is 0 Å². The smallest absolute Gasteiger partial charge is 0.290 e. The zero-order valence-electron chi connectivity index (χ0n) is 17.4. The minimum absolute atomic E-state index is 0.0422. The maximum atomic E-state index is 12.3. The second kappa shape index (κ2) is 13.2. The number of benzene rings is 1. The molecule has 0 saturated heterocycles. The highest BCUT2D eigenvalue weighted by Crippen LogP contribution is 2.25. The third kappa shape index (κ3) is 8.59. The molecule has 0 bridgehead atoms. The number of nitrogens with one attached hydrogen (secondary N) is 3. The number of aromatic amines is 1. The lowest BCUT2D eigenvalue weighted by atomic mass is 9.83. The number of rotatable bonds is 8. The van der Waals surface area contributed by atoms with Crippen LogP contribution in [0.1, 0.15) is 37.1 Å². The zero-order valence-corrected chi connectivity index (χ0v) is 17.4. The maximum absolute atomic E-state index is 12.3. The van der Waals surface area contributed by atoms with E-state index in [1.165, 1.54) is 0 Å². The molecule has 1 aromatic heterocycles. The first kappa shape index (κ1) is 24.1. The number of H-pyrrole nitrogens is 1. The molecular formula is C22H30N4O5. The largest absolute Gasteiger partial charge is 0.483 e. The van der Waals surface area contributed by atoms with Crippen LogP contribution in [-0.2, 0) is 27.2 Å². The van der Waals surface area contributed by atoms with E-state index in [1.807, 2.05) is 30.3 Å². The van der Waals surface area contributed by atoms with Crippen LogP contribution in [-0.4, -0.2) is 57.2 Å². The van der Waals surface area contributed by atoms with Crippen LogP contribution in [0.5, 0.6) is 0 Å². The molecule has 5 N–H and O–H groups in total. The average Bonchev–Trinajstić information content (AvgIpc) is 3.28. The number of carbonyl (C=O) groups is 3. The van der Waals surface area contributed by atoms with Crippen LogP contribution < -0.4 is 10.6 Å². The highest BCUT2D eigenvalue weighted by molar-refractivity contribution is 5.79. The highest BCUT2D eigenvalue weighted by Gasteiger charge is 2.33. The molecule has 9 heteroatoms. The SMILES string of the molecule is O=C(CCc1ccccc1)N[C@H]1CC[C@H](C(=O)NCCc2ncc[nH]2)C[C@@H]1O.O=CO. The number of aliphatic hydroxyl groups excluding tert-OH is 1. The predicted octanol–water partition coefficient (Wildman–Crippen LogP) is 1.05. The van der Waals surface area contributed by atoms with Crippen molar-refractivity contribution < 1.29 is 24.6 Å². The first-order chi connectivity index (χ1) is 15.0. The summed E-state index contributed by atoms with van der Waals surface area (Å²) in [5.41, 5.74) is 1.12. The lowest BCUT2D eigenvalue weighted by molar-refractivity contribution is -0.128. The van der Waals surface area contributed by atoms with Gasteiger partial charge < -0.3 is 25.8 Å². The Morgan fingerprint density at radius 1 is 1.19 bits per heavy atom. The van der Waals surface area contributed by atoms with Gasteiger partial charge in [-0.05, 0) is 31.2 Å². The van der Waals surface area contributed by atoms with Gasteiger partial charge in [-0.3, -0.25) is 14.4 Å². The minimum atomic E-state index is -0.699. The van der Waals surface area contributed by atoms with Crippen molar-refractivity contribution in [1.82, 2.24) is 20.6 Å². The molecule has 1 saturated carbocycles. The van der Waals surface area contributed by atoms with Gasteiger partial charge in [0.2, 0.25) is 11.8 Å². The van der Waals surface area contributed by atoms with Crippen molar-refractivity contribution in [1.29, 1.82) is 0 Å². The molecule has 0 unspecified atom stereocenters. The summed E-state index contributed by atoms with van der Waals surface area (Å²) >= 11 is 0. The standard InChI is InChI=1S/C21H28N4O3.CH2O2/c26-18-14-16(21(28)24-11-10-19-22-12-13-23-19)7-8-17(18)25-20(27)9-6-15-4-2-1-3-5-15;2-1-3/h1-5,12-13,16-18,26H,6-11,14H2,(H,22,23)(H,24,28)(H,25,27);1H,(H,2,3)/t16-,17-,18-;/m0./s1. The second-order valence-electron chi connectivity index (χ2n) is 7.42. The topological polar surface area (TPSA) is 144 Å². The van der Waals surface area contributed by atoms with Crippen LogP contribution in [0.2, 0.25) is 0 Å². The normalized spacial score (nSPS) is 20.1. The molecule has 1 aliphatic rings. The van der Waals surface area contributed by atoms with E-state index in [1.54, 1.807) is 12.4 Å². The van der Waals surface area contributed by atoms with Crippen molar-refractivity contribution in [2.24, 2.45) is 5.92 Å². The molecule has 1 heterocycles. The number of aliphatic hydroxyl groups is 1. The molecule has 3 rings (SSSR count). The number of aryl methyl sites for hydroxylation is 1. The fourth-order valence-corrected chi connectivity index (χ4v) is 3.62. The maximum Gasteiger partial charge on any atom is 0.290 e. The van der Waals surface area contributed by atoms with Crippen LogP contribution in [0, 0.1) is 5.92 Å². The number of amides is 2. The van der Waals surface area contributed by atoms with Crippen LogP contribution >= 0.6 is 0 Å². The summed E-state index contributed by atoms with van der Waals surface area (Å²) in [6, 6.07) is 9.58. The van der Waals surface area contributed by atoms with Gasteiger partial charge in [0.25, 0.3) is 6.47 Å². The summed E-state index contributed by atoms with van der Waals surface area (Å²) in [5, 5.41) is 23.1. The van der Waals surface area contributed by atoms with Gasteiger partial charge in [-0.2, -0.15) is 0 Å². The monoisotopic (exact) mass is 430 g/mol. The third-order valence-corrected chi connectivity index (χ3v) is 5.23. The van der Waals surface area contributed by atoms with Crippen molar-refractivity contribution in [3.05, 3.63) is 54.1 Å². The quantitative estimate of drug-likeness (QED) is 0.396. The van der Waals surface area contributed by atoms with Gasteiger partial charge in [0.05, 0.1) is 12.1 Å². The summed E-state index contributed by atoms with van der Waals surface area (Å²) in [6.45, 7) is 0.262. The van der Waals surface area contributed by atoms with E-state index >= 15 is 0 Å². The first-order valence-corrected chi connectivity index (χ1v) is 10.4. The number of carbonyl (C=O) groups excluding carboxylic acids is 2. The Balaban J connectivity index is 0.00000107. The fraction of sp³-hybridized carbons (Fsp3) is 0.455. The van der Waals surface area contributed by atoms with Crippen molar-refractivity contribution in [3.8, 4) is 0 Å². The predicted molar refractivity (Wildman–Crippen MR) is 114 cm³/mol. The van der Waals surface area contributed by atoms with Gasteiger partial charge in [-0.1, -0.05) is 30.3 Å². The molecule has 0 aliphatic heterocycles. The van der Waals surface area contributed by atoms with Crippen molar-refractivity contribution in [2.75, 3.05) is 6.54 Å². The number of hydrogen-bond donors (Lipinski definition) is 5. The van der Waals surface area contributed by atoms with Gasteiger partial charge in [-0.15, -0.1) is 0 Å². The van der Waals surface area contributed by atoms with Crippen molar-refractivity contribution >= 4 is 18.3 Å². The number of carboxylic acid groups (broad SMARTS) is 1.